The van der Waals surface area contributed by atoms with Crippen LogP contribution in [0.4, 0.5) is 0 Å². The smallest absolute Gasteiger partial charge is 0.239 e. The van der Waals surface area contributed by atoms with Crippen molar-refractivity contribution in [1.29, 1.82) is 0 Å². The second kappa shape index (κ2) is 6.78. The van der Waals surface area contributed by atoms with Crippen LogP contribution in [0.1, 0.15) is 31.4 Å². The van der Waals surface area contributed by atoms with E-state index in [1.807, 2.05) is 29.2 Å². The van der Waals surface area contributed by atoms with Crippen molar-refractivity contribution in [2.45, 2.75) is 31.8 Å². The minimum atomic E-state index is -0.444. The van der Waals surface area contributed by atoms with Crippen LogP contribution in [-0.2, 0) is 4.79 Å². The highest BCUT2D eigenvalue weighted by molar-refractivity contribution is 5.85. The third-order valence-corrected chi connectivity index (χ3v) is 3.42. The summed E-state index contributed by atoms with van der Waals surface area (Å²) in [5.74, 6) is 0.857. The summed E-state index contributed by atoms with van der Waals surface area (Å²) in [4.78, 5) is 14.0. The number of hydrogen-bond acceptors (Lipinski definition) is 3. The lowest BCUT2D eigenvalue weighted by Gasteiger charge is -2.27. The molecule has 1 aliphatic rings. The van der Waals surface area contributed by atoms with Crippen LogP contribution in [0.25, 0.3) is 0 Å². The van der Waals surface area contributed by atoms with Crippen LogP contribution in [0.15, 0.2) is 24.3 Å². The fourth-order valence-electron chi connectivity index (χ4n) is 2.56. The van der Waals surface area contributed by atoms with Gasteiger partial charge in [-0.25, -0.2) is 0 Å². The molecule has 2 N–H and O–H groups in total. The standard InChI is InChI=1S/C14H20N2O2.ClH/c1-10(15)14(17)16-9-5-7-12(16)11-6-3-4-8-13(11)18-2;/h3-4,6,8,10,12H,5,7,9,15H2,1-2H3;1H/t10-,12?;/m0./s1. The summed E-state index contributed by atoms with van der Waals surface area (Å²) < 4.78 is 5.38. The number of halogens is 1. The van der Waals surface area contributed by atoms with Gasteiger partial charge in [-0.1, -0.05) is 18.2 Å². The number of nitrogens with two attached hydrogens (primary N) is 1. The lowest BCUT2D eigenvalue weighted by molar-refractivity contribution is -0.133. The monoisotopic (exact) mass is 284 g/mol. The van der Waals surface area contributed by atoms with Crippen molar-refractivity contribution in [2.75, 3.05) is 13.7 Å². The first kappa shape index (κ1) is 15.8. The van der Waals surface area contributed by atoms with Crippen molar-refractivity contribution in [3.8, 4) is 5.75 Å². The van der Waals surface area contributed by atoms with Crippen LogP contribution < -0.4 is 10.5 Å². The summed E-state index contributed by atoms with van der Waals surface area (Å²) in [6.45, 7) is 2.52. The van der Waals surface area contributed by atoms with E-state index in [2.05, 4.69) is 0 Å². The van der Waals surface area contributed by atoms with Gasteiger partial charge in [0.05, 0.1) is 19.2 Å². The predicted molar refractivity (Wildman–Crippen MR) is 77.6 cm³/mol. The minimum absolute atomic E-state index is 0. The Morgan fingerprint density at radius 1 is 1.47 bits per heavy atom. The molecule has 0 aromatic heterocycles. The highest BCUT2D eigenvalue weighted by Crippen LogP contribution is 2.36. The lowest BCUT2D eigenvalue weighted by Crippen LogP contribution is -2.41. The Bertz CT molecular complexity index is 437. The molecule has 0 spiro atoms. The molecule has 19 heavy (non-hydrogen) atoms. The highest BCUT2D eigenvalue weighted by Gasteiger charge is 2.32. The molecule has 1 heterocycles. The van der Waals surface area contributed by atoms with Gasteiger partial charge in [-0.05, 0) is 25.8 Å². The number of carbonyl (C=O) groups is 1. The molecule has 1 fully saturated rings. The number of rotatable bonds is 3. The largest absolute Gasteiger partial charge is 0.496 e. The highest BCUT2D eigenvalue weighted by atomic mass is 35.5. The fraction of sp³-hybridized carbons (Fsp3) is 0.500. The van der Waals surface area contributed by atoms with E-state index in [9.17, 15) is 4.79 Å². The molecule has 1 aromatic rings. The molecule has 5 heteroatoms. The number of benzene rings is 1. The predicted octanol–water partition coefficient (Wildman–Crippen LogP) is 2.13. The van der Waals surface area contributed by atoms with E-state index in [1.165, 1.54) is 0 Å². The van der Waals surface area contributed by atoms with Crippen LogP contribution >= 0.6 is 12.4 Å². The van der Waals surface area contributed by atoms with Gasteiger partial charge in [0, 0.05) is 12.1 Å². The molecule has 2 rings (SSSR count). The van der Waals surface area contributed by atoms with Crippen LogP contribution in [0.2, 0.25) is 0 Å². The van der Waals surface area contributed by atoms with Gasteiger partial charge >= 0.3 is 0 Å². The summed E-state index contributed by atoms with van der Waals surface area (Å²) in [5, 5.41) is 0. The average Bonchev–Trinajstić information content (AvgIpc) is 2.86. The van der Waals surface area contributed by atoms with E-state index in [0.717, 1.165) is 30.7 Å². The van der Waals surface area contributed by atoms with Gasteiger partial charge in [-0.15, -0.1) is 12.4 Å². The summed E-state index contributed by atoms with van der Waals surface area (Å²) in [6, 6.07) is 7.53. The van der Waals surface area contributed by atoms with Gasteiger partial charge in [0.2, 0.25) is 5.91 Å². The van der Waals surface area contributed by atoms with Gasteiger partial charge in [0.1, 0.15) is 5.75 Å². The second-order valence-corrected chi connectivity index (χ2v) is 4.72. The van der Waals surface area contributed by atoms with E-state index < -0.39 is 6.04 Å². The summed E-state index contributed by atoms with van der Waals surface area (Å²) in [7, 11) is 1.66. The molecule has 4 nitrogen and oxygen atoms in total. The number of para-hydroxylation sites is 1. The fourth-order valence-corrected chi connectivity index (χ4v) is 2.56. The second-order valence-electron chi connectivity index (χ2n) is 4.72. The molecule has 1 amide bonds. The Balaban J connectivity index is 0.00000180. The van der Waals surface area contributed by atoms with Crippen molar-refractivity contribution in [3.63, 3.8) is 0 Å². The van der Waals surface area contributed by atoms with Crippen LogP contribution in [-0.4, -0.2) is 30.5 Å². The maximum atomic E-state index is 12.1. The van der Waals surface area contributed by atoms with Crippen LogP contribution in [0.3, 0.4) is 0 Å². The van der Waals surface area contributed by atoms with Crippen molar-refractivity contribution in [3.05, 3.63) is 29.8 Å². The van der Waals surface area contributed by atoms with E-state index in [-0.39, 0.29) is 24.4 Å². The molecule has 0 bridgehead atoms. The van der Waals surface area contributed by atoms with Gasteiger partial charge < -0.3 is 15.4 Å². The molecule has 0 aliphatic carbocycles. The molecule has 0 radical (unpaired) electrons. The first-order chi connectivity index (χ1) is 8.65. The van der Waals surface area contributed by atoms with E-state index in [4.69, 9.17) is 10.5 Å². The number of likely N-dealkylation sites (tertiary alicyclic amines) is 1. The van der Waals surface area contributed by atoms with Gasteiger partial charge in [-0.2, -0.15) is 0 Å². The first-order valence-corrected chi connectivity index (χ1v) is 6.34. The number of carbonyl (C=O) groups excluding carboxylic acids is 1. The number of hydrogen-bond donors (Lipinski definition) is 1. The minimum Gasteiger partial charge on any atom is -0.496 e. The molecule has 1 aliphatic heterocycles. The maximum Gasteiger partial charge on any atom is 0.239 e. The zero-order chi connectivity index (χ0) is 13.1. The van der Waals surface area contributed by atoms with Gasteiger partial charge in [0.25, 0.3) is 0 Å². The summed E-state index contributed by atoms with van der Waals surface area (Å²) in [5.41, 5.74) is 6.78. The van der Waals surface area contributed by atoms with Crippen molar-refractivity contribution in [2.24, 2.45) is 5.73 Å². The number of ether oxygens (including phenoxy) is 1. The number of nitrogens with zero attached hydrogens (tertiary/aromatic N) is 1. The Morgan fingerprint density at radius 2 is 2.16 bits per heavy atom. The maximum absolute atomic E-state index is 12.1. The number of amides is 1. The zero-order valence-electron chi connectivity index (χ0n) is 11.3. The Labute approximate surface area is 120 Å². The average molecular weight is 285 g/mol. The molecule has 0 saturated carbocycles. The Kier molecular flexibility index (Phi) is 5.63. The molecular formula is C14H21ClN2O2. The van der Waals surface area contributed by atoms with Crippen LogP contribution in [0, 0.1) is 0 Å². The quantitative estimate of drug-likeness (QED) is 0.925. The van der Waals surface area contributed by atoms with Crippen molar-refractivity contribution >= 4 is 18.3 Å². The van der Waals surface area contributed by atoms with Gasteiger partial charge in [-0.3, -0.25) is 4.79 Å². The third-order valence-electron chi connectivity index (χ3n) is 3.42. The van der Waals surface area contributed by atoms with Gasteiger partial charge in [0.15, 0.2) is 0 Å². The summed E-state index contributed by atoms with van der Waals surface area (Å²) >= 11 is 0. The number of methoxy groups -OCH3 is 1. The summed E-state index contributed by atoms with van der Waals surface area (Å²) in [6.07, 6.45) is 1.99. The Morgan fingerprint density at radius 3 is 2.79 bits per heavy atom. The molecule has 1 aromatic carbocycles. The SMILES string of the molecule is COc1ccccc1C1CCCN1C(=O)[C@H](C)N.Cl. The zero-order valence-corrected chi connectivity index (χ0v) is 12.2. The normalized spacial score (nSPS) is 19.7. The molecule has 2 atom stereocenters. The Hall–Kier alpha value is -1.26. The first-order valence-electron chi connectivity index (χ1n) is 6.34. The topological polar surface area (TPSA) is 55.6 Å². The molecule has 1 saturated heterocycles. The molecule has 1 unspecified atom stereocenters. The van der Waals surface area contributed by atoms with Crippen molar-refractivity contribution < 1.29 is 9.53 Å². The van der Waals surface area contributed by atoms with Crippen LogP contribution in [0.5, 0.6) is 5.75 Å². The molecular weight excluding hydrogens is 264 g/mol. The molecule has 106 valence electrons. The third kappa shape index (κ3) is 3.19. The van der Waals surface area contributed by atoms with E-state index in [1.54, 1.807) is 14.0 Å². The van der Waals surface area contributed by atoms with E-state index in [0.29, 0.717) is 0 Å². The van der Waals surface area contributed by atoms with E-state index >= 15 is 0 Å². The lowest BCUT2D eigenvalue weighted by atomic mass is 10.0. The van der Waals surface area contributed by atoms with Crippen molar-refractivity contribution in [1.82, 2.24) is 4.90 Å².